The molecule has 0 spiro atoms. The summed E-state index contributed by atoms with van der Waals surface area (Å²) in [7, 11) is 0. The Morgan fingerprint density at radius 1 is 1.89 bits per heavy atom. The van der Waals surface area contributed by atoms with Gasteiger partial charge >= 0.3 is 0 Å². The van der Waals surface area contributed by atoms with Crippen molar-refractivity contribution >= 4 is 6.21 Å². The van der Waals surface area contributed by atoms with Gasteiger partial charge in [-0.25, -0.2) is 4.98 Å². The number of nitrogens with zero attached hydrogens (tertiary/aromatic N) is 2. The lowest BCUT2D eigenvalue weighted by Gasteiger charge is -1.77. The lowest BCUT2D eigenvalue weighted by molar-refractivity contribution is 0.321. The molecule has 4 heteroatoms. The zero-order chi connectivity index (χ0) is 6.69. The van der Waals surface area contributed by atoms with Crippen molar-refractivity contribution in [1.82, 2.24) is 9.97 Å². The number of H-pyrrole nitrogens is 1. The summed E-state index contributed by atoms with van der Waals surface area (Å²) in [4.78, 5) is 6.73. The number of aromatic nitrogens is 2. The van der Waals surface area contributed by atoms with Gasteiger partial charge < -0.3 is 10.2 Å². The molecule has 1 heterocycles. The molecule has 0 aliphatic carbocycles. The first kappa shape index (κ1) is 5.81. The van der Waals surface area contributed by atoms with Crippen molar-refractivity contribution < 1.29 is 5.21 Å². The number of imidazole rings is 1. The van der Waals surface area contributed by atoms with Crippen LogP contribution in [0.3, 0.4) is 0 Å². The van der Waals surface area contributed by atoms with Crippen LogP contribution < -0.4 is 0 Å². The Kier molecular flexibility index (Phi) is 1.48. The third kappa shape index (κ3) is 1.28. The third-order valence-electron chi connectivity index (χ3n) is 0.919. The molecular formula is C5H7N3O. The first-order chi connectivity index (χ1) is 4.33. The van der Waals surface area contributed by atoms with Crippen molar-refractivity contribution in [1.29, 1.82) is 0 Å². The number of hydrogen-bond acceptors (Lipinski definition) is 3. The average Bonchev–Trinajstić information content (AvgIpc) is 2.17. The van der Waals surface area contributed by atoms with Crippen molar-refractivity contribution in [2.75, 3.05) is 0 Å². The fourth-order valence-corrected chi connectivity index (χ4v) is 0.568. The summed E-state index contributed by atoms with van der Waals surface area (Å²) < 4.78 is 0. The molecular weight excluding hydrogens is 118 g/mol. The van der Waals surface area contributed by atoms with Crippen molar-refractivity contribution in [3.05, 3.63) is 17.7 Å². The first-order valence-corrected chi connectivity index (χ1v) is 2.52. The van der Waals surface area contributed by atoms with E-state index in [1.54, 1.807) is 6.20 Å². The van der Waals surface area contributed by atoms with Gasteiger partial charge in [-0.2, -0.15) is 0 Å². The van der Waals surface area contributed by atoms with E-state index < -0.39 is 0 Å². The van der Waals surface area contributed by atoms with Gasteiger partial charge in [0.1, 0.15) is 5.82 Å². The van der Waals surface area contributed by atoms with E-state index in [9.17, 15) is 0 Å². The molecule has 0 saturated carbocycles. The molecule has 0 radical (unpaired) electrons. The molecule has 0 aliphatic rings. The quantitative estimate of drug-likeness (QED) is 0.326. The number of oxime groups is 1. The molecule has 1 aromatic rings. The van der Waals surface area contributed by atoms with Crippen LogP contribution in [0.5, 0.6) is 0 Å². The highest BCUT2D eigenvalue weighted by atomic mass is 16.4. The van der Waals surface area contributed by atoms with Crippen LogP contribution in [-0.4, -0.2) is 21.4 Å². The van der Waals surface area contributed by atoms with Crippen LogP contribution >= 0.6 is 0 Å². The monoisotopic (exact) mass is 125 g/mol. The van der Waals surface area contributed by atoms with Crippen LogP contribution in [0.4, 0.5) is 0 Å². The maximum absolute atomic E-state index is 8.05. The van der Waals surface area contributed by atoms with Gasteiger partial charge in [0.25, 0.3) is 0 Å². The molecule has 0 unspecified atom stereocenters. The number of nitrogens with one attached hydrogen (secondary N) is 1. The van der Waals surface area contributed by atoms with E-state index >= 15 is 0 Å². The van der Waals surface area contributed by atoms with Crippen LogP contribution in [0.25, 0.3) is 0 Å². The van der Waals surface area contributed by atoms with Crippen LogP contribution in [0.15, 0.2) is 11.4 Å². The predicted molar refractivity (Wildman–Crippen MR) is 32.7 cm³/mol. The van der Waals surface area contributed by atoms with Crippen molar-refractivity contribution in [3.8, 4) is 0 Å². The summed E-state index contributed by atoms with van der Waals surface area (Å²) in [6.07, 6.45) is 2.88. The lowest BCUT2D eigenvalue weighted by Crippen LogP contribution is -1.78. The van der Waals surface area contributed by atoms with Crippen molar-refractivity contribution in [2.45, 2.75) is 6.92 Å². The van der Waals surface area contributed by atoms with Gasteiger partial charge in [-0.15, -0.1) is 0 Å². The molecule has 1 aromatic heterocycles. The van der Waals surface area contributed by atoms with Crippen LogP contribution in [-0.2, 0) is 0 Å². The SMILES string of the molecule is Cc1ncc(C=NO)[nH]1. The smallest absolute Gasteiger partial charge is 0.103 e. The Balaban J connectivity index is 2.85. The second-order valence-corrected chi connectivity index (χ2v) is 1.67. The molecule has 48 valence electrons. The molecule has 0 aliphatic heterocycles. The zero-order valence-corrected chi connectivity index (χ0v) is 5.00. The molecule has 0 amide bonds. The van der Waals surface area contributed by atoms with Gasteiger partial charge in [-0.3, -0.25) is 0 Å². The van der Waals surface area contributed by atoms with Gasteiger partial charge in [-0.05, 0) is 6.92 Å². The van der Waals surface area contributed by atoms with Gasteiger partial charge in [0, 0.05) is 0 Å². The van der Waals surface area contributed by atoms with E-state index in [1.165, 1.54) is 6.21 Å². The Hall–Kier alpha value is -1.32. The summed E-state index contributed by atoms with van der Waals surface area (Å²) in [6, 6.07) is 0. The molecule has 0 aromatic carbocycles. The standard InChI is InChI=1S/C5H7N3O/c1-4-6-2-5(8-4)3-7-9/h2-3,9H,1H3,(H,6,8). The van der Waals surface area contributed by atoms with Crippen LogP contribution in [0.2, 0.25) is 0 Å². The van der Waals surface area contributed by atoms with Gasteiger partial charge in [0.15, 0.2) is 0 Å². The van der Waals surface area contributed by atoms with Gasteiger partial charge in [0.2, 0.25) is 0 Å². The first-order valence-electron chi connectivity index (χ1n) is 2.52. The van der Waals surface area contributed by atoms with E-state index in [4.69, 9.17) is 5.21 Å². The lowest BCUT2D eigenvalue weighted by atomic mass is 10.5. The fourth-order valence-electron chi connectivity index (χ4n) is 0.568. The summed E-state index contributed by atoms with van der Waals surface area (Å²) in [6.45, 7) is 1.83. The summed E-state index contributed by atoms with van der Waals surface area (Å²) >= 11 is 0. The molecule has 0 saturated heterocycles. The molecule has 0 fully saturated rings. The van der Waals surface area contributed by atoms with Crippen LogP contribution in [0, 0.1) is 6.92 Å². The Morgan fingerprint density at radius 3 is 3.11 bits per heavy atom. The second-order valence-electron chi connectivity index (χ2n) is 1.67. The van der Waals surface area contributed by atoms with E-state index in [1.807, 2.05) is 6.92 Å². The summed E-state index contributed by atoms with van der Waals surface area (Å²) in [5, 5.41) is 10.9. The highest BCUT2D eigenvalue weighted by Gasteiger charge is 1.89. The average molecular weight is 125 g/mol. The minimum Gasteiger partial charge on any atom is -0.411 e. The molecule has 1 rings (SSSR count). The normalized spacial score (nSPS) is 10.8. The van der Waals surface area contributed by atoms with Crippen molar-refractivity contribution in [2.24, 2.45) is 5.16 Å². The Labute approximate surface area is 52.2 Å². The minimum atomic E-state index is 0.704. The highest BCUT2D eigenvalue weighted by molar-refractivity contribution is 5.75. The van der Waals surface area contributed by atoms with E-state index in [0.717, 1.165) is 5.82 Å². The minimum absolute atomic E-state index is 0.704. The van der Waals surface area contributed by atoms with Gasteiger partial charge in [0.05, 0.1) is 18.1 Å². The van der Waals surface area contributed by atoms with E-state index in [0.29, 0.717) is 5.69 Å². The second kappa shape index (κ2) is 2.30. The molecule has 4 nitrogen and oxygen atoms in total. The summed E-state index contributed by atoms with van der Waals surface area (Å²) in [5.74, 6) is 0.810. The fraction of sp³-hybridized carbons (Fsp3) is 0.200. The molecule has 9 heavy (non-hydrogen) atoms. The zero-order valence-electron chi connectivity index (χ0n) is 5.00. The highest BCUT2D eigenvalue weighted by Crippen LogP contribution is 1.89. The van der Waals surface area contributed by atoms with E-state index in [-0.39, 0.29) is 0 Å². The topological polar surface area (TPSA) is 61.3 Å². The number of aromatic amines is 1. The maximum Gasteiger partial charge on any atom is 0.103 e. The van der Waals surface area contributed by atoms with E-state index in [2.05, 4.69) is 15.1 Å². The molecule has 0 atom stereocenters. The van der Waals surface area contributed by atoms with Crippen LogP contribution in [0.1, 0.15) is 11.5 Å². The maximum atomic E-state index is 8.05. The number of aryl methyl sites for hydroxylation is 1. The number of rotatable bonds is 1. The number of hydrogen-bond donors (Lipinski definition) is 2. The van der Waals surface area contributed by atoms with Gasteiger partial charge in [-0.1, -0.05) is 5.16 Å². The largest absolute Gasteiger partial charge is 0.411 e. The third-order valence-corrected chi connectivity index (χ3v) is 0.919. The van der Waals surface area contributed by atoms with Crippen molar-refractivity contribution in [3.63, 3.8) is 0 Å². The Bertz CT molecular complexity index is 216. The molecule has 0 bridgehead atoms. The Morgan fingerprint density at radius 2 is 2.67 bits per heavy atom. The molecule has 2 N–H and O–H groups in total. The summed E-state index contributed by atoms with van der Waals surface area (Å²) in [5.41, 5.74) is 0.704. The predicted octanol–water partition coefficient (Wildman–Crippen LogP) is 0.526.